The molecule has 0 bridgehead atoms. The molecule has 74 valence electrons. The van der Waals surface area contributed by atoms with Gasteiger partial charge in [-0.25, -0.2) is 0 Å². The standard InChI is InChI=1S/C4H8O2.C3H6O2.H3N/c1-2-3-4(5)6;1-2-3(4)5;/h2-3H2,1H3,(H,5,6);2H2,1H3,(H,4,5);1H3. The molecule has 5 N–H and O–H groups in total. The predicted octanol–water partition coefficient (Wildman–Crippen LogP) is 1.51. The van der Waals surface area contributed by atoms with Gasteiger partial charge in [0.1, 0.15) is 0 Å². The molecule has 0 aromatic rings. The molecule has 0 saturated heterocycles. The molecule has 0 aliphatic heterocycles. The van der Waals surface area contributed by atoms with Crippen LogP contribution in [-0.2, 0) is 9.59 Å². The maximum atomic E-state index is 9.60. The van der Waals surface area contributed by atoms with Crippen molar-refractivity contribution in [1.29, 1.82) is 0 Å². The van der Waals surface area contributed by atoms with Crippen molar-refractivity contribution in [3.63, 3.8) is 0 Å². The maximum Gasteiger partial charge on any atom is 0.303 e. The summed E-state index contributed by atoms with van der Waals surface area (Å²) in [6.07, 6.45) is 1.25. The Morgan fingerprint density at radius 1 is 1.08 bits per heavy atom. The van der Waals surface area contributed by atoms with E-state index in [1.54, 1.807) is 6.92 Å². The minimum Gasteiger partial charge on any atom is -0.481 e. The predicted molar refractivity (Wildman–Crippen MR) is 45.5 cm³/mol. The summed E-state index contributed by atoms with van der Waals surface area (Å²) in [5, 5.41) is 15.6. The average molecular weight is 179 g/mol. The summed E-state index contributed by atoms with van der Waals surface area (Å²) in [7, 11) is 0. The van der Waals surface area contributed by atoms with Gasteiger partial charge in [-0.2, -0.15) is 0 Å². The van der Waals surface area contributed by atoms with Gasteiger partial charge in [0.15, 0.2) is 0 Å². The summed E-state index contributed by atoms with van der Waals surface area (Å²) < 4.78 is 0. The Morgan fingerprint density at radius 3 is 1.42 bits per heavy atom. The van der Waals surface area contributed by atoms with Gasteiger partial charge in [0.25, 0.3) is 0 Å². The smallest absolute Gasteiger partial charge is 0.303 e. The van der Waals surface area contributed by atoms with Crippen molar-refractivity contribution in [3.8, 4) is 0 Å². The minimum absolute atomic E-state index is 0. The lowest BCUT2D eigenvalue weighted by Gasteiger charge is -1.79. The zero-order valence-corrected chi connectivity index (χ0v) is 7.54. The summed E-state index contributed by atoms with van der Waals surface area (Å²) in [5.41, 5.74) is 0. The van der Waals surface area contributed by atoms with Crippen LogP contribution in [0.2, 0.25) is 0 Å². The minimum atomic E-state index is -0.745. The average Bonchev–Trinajstić information content (AvgIpc) is 1.89. The molecular weight excluding hydrogens is 162 g/mol. The second kappa shape index (κ2) is 12.6. The number of hydrogen-bond acceptors (Lipinski definition) is 3. The van der Waals surface area contributed by atoms with Gasteiger partial charge < -0.3 is 16.4 Å². The molecule has 0 aliphatic rings. The highest BCUT2D eigenvalue weighted by molar-refractivity contribution is 5.66. The summed E-state index contributed by atoms with van der Waals surface area (Å²) in [6.45, 7) is 3.44. The first-order valence-electron chi connectivity index (χ1n) is 3.48. The molecule has 0 spiro atoms. The third-order valence-corrected chi connectivity index (χ3v) is 0.766. The van der Waals surface area contributed by atoms with Crippen molar-refractivity contribution >= 4 is 11.9 Å². The fourth-order valence-electron chi connectivity index (χ4n) is 0.214. The van der Waals surface area contributed by atoms with Crippen LogP contribution in [0, 0.1) is 0 Å². The maximum absolute atomic E-state index is 9.60. The molecule has 12 heavy (non-hydrogen) atoms. The van der Waals surface area contributed by atoms with Crippen LogP contribution in [0.3, 0.4) is 0 Å². The first kappa shape index (κ1) is 17.1. The summed E-state index contributed by atoms with van der Waals surface area (Å²) >= 11 is 0. The molecule has 5 heteroatoms. The lowest BCUT2D eigenvalue weighted by atomic mass is 10.4. The third-order valence-electron chi connectivity index (χ3n) is 0.766. The Labute approximate surface area is 72.0 Å². The summed E-state index contributed by atoms with van der Waals surface area (Å²) in [5.74, 6) is -1.46. The Hall–Kier alpha value is -1.10. The Bertz CT molecular complexity index is 125. The molecule has 0 amide bonds. The SMILES string of the molecule is CCC(=O)O.CCCC(=O)O.N. The van der Waals surface area contributed by atoms with Gasteiger partial charge in [-0.05, 0) is 6.42 Å². The van der Waals surface area contributed by atoms with E-state index in [1.165, 1.54) is 0 Å². The van der Waals surface area contributed by atoms with Crippen molar-refractivity contribution in [1.82, 2.24) is 6.15 Å². The molecular formula is C7H17NO4. The fourth-order valence-corrected chi connectivity index (χ4v) is 0.214. The van der Waals surface area contributed by atoms with Crippen LogP contribution in [0.15, 0.2) is 0 Å². The zero-order valence-electron chi connectivity index (χ0n) is 7.54. The van der Waals surface area contributed by atoms with Crippen LogP contribution in [0.5, 0.6) is 0 Å². The molecule has 0 heterocycles. The van der Waals surface area contributed by atoms with Crippen LogP contribution in [0.4, 0.5) is 0 Å². The first-order valence-corrected chi connectivity index (χ1v) is 3.48. The number of aliphatic carboxylic acids is 2. The summed E-state index contributed by atoms with van der Waals surface area (Å²) in [6, 6.07) is 0. The van der Waals surface area contributed by atoms with Crippen LogP contribution < -0.4 is 6.15 Å². The van der Waals surface area contributed by atoms with E-state index >= 15 is 0 Å². The van der Waals surface area contributed by atoms with Gasteiger partial charge in [-0.15, -0.1) is 0 Å². The molecule has 0 fully saturated rings. The van der Waals surface area contributed by atoms with Crippen LogP contribution in [-0.4, -0.2) is 22.2 Å². The molecule has 0 atom stereocenters. The Kier molecular flexibility index (Phi) is 17.9. The van der Waals surface area contributed by atoms with E-state index in [-0.39, 0.29) is 12.6 Å². The Balaban J connectivity index is -0.000000126. The van der Waals surface area contributed by atoms with Gasteiger partial charge in [0, 0.05) is 12.8 Å². The lowest BCUT2D eigenvalue weighted by molar-refractivity contribution is -0.137. The van der Waals surface area contributed by atoms with Crippen molar-refractivity contribution in [2.45, 2.75) is 33.1 Å². The first-order chi connectivity index (χ1) is 5.04. The fraction of sp³-hybridized carbons (Fsp3) is 0.714. The molecule has 0 aromatic heterocycles. The summed E-state index contributed by atoms with van der Waals surface area (Å²) in [4.78, 5) is 19.0. The van der Waals surface area contributed by atoms with Gasteiger partial charge in [-0.1, -0.05) is 13.8 Å². The normalized spacial score (nSPS) is 7.17. The van der Waals surface area contributed by atoms with Crippen LogP contribution in [0.1, 0.15) is 33.1 Å². The molecule has 5 nitrogen and oxygen atoms in total. The molecule has 0 radical (unpaired) electrons. The van der Waals surface area contributed by atoms with Gasteiger partial charge in [0.2, 0.25) is 0 Å². The zero-order chi connectivity index (χ0) is 9.28. The molecule has 0 rings (SSSR count). The van der Waals surface area contributed by atoms with Crippen molar-refractivity contribution < 1.29 is 19.8 Å². The van der Waals surface area contributed by atoms with E-state index < -0.39 is 11.9 Å². The molecule has 0 unspecified atom stereocenters. The van der Waals surface area contributed by atoms with E-state index in [1.807, 2.05) is 6.92 Å². The number of carboxylic acid groups (broad SMARTS) is 2. The van der Waals surface area contributed by atoms with E-state index in [9.17, 15) is 9.59 Å². The van der Waals surface area contributed by atoms with E-state index in [2.05, 4.69) is 0 Å². The third kappa shape index (κ3) is 36.5. The van der Waals surface area contributed by atoms with Crippen LogP contribution >= 0.6 is 0 Å². The molecule has 0 aromatic carbocycles. The molecule has 0 saturated carbocycles. The van der Waals surface area contributed by atoms with Crippen molar-refractivity contribution in [2.24, 2.45) is 0 Å². The number of rotatable bonds is 3. The lowest BCUT2D eigenvalue weighted by Crippen LogP contribution is -1.90. The number of hydrogen-bond donors (Lipinski definition) is 3. The van der Waals surface area contributed by atoms with E-state index in [4.69, 9.17) is 10.2 Å². The Morgan fingerprint density at radius 2 is 1.42 bits per heavy atom. The highest BCUT2D eigenvalue weighted by Crippen LogP contribution is 1.82. The van der Waals surface area contributed by atoms with Crippen LogP contribution in [0.25, 0.3) is 0 Å². The van der Waals surface area contributed by atoms with Crippen molar-refractivity contribution in [3.05, 3.63) is 0 Å². The van der Waals surface area contributed by atoms with Gasteiger partial charge in [0.05, 0.1) is 0 Å². The second-order valence-electron chi connectivity index (χ2n) is 1.89. The number of carboxylic acids is 2. The second-order valence-corrected chi connectivity index (χ2v) is 1.89. The van der Waals surface area contributed by atoms with E-state index in [0.717, 1.165) is 6.42 Å². The monoisotopic (exact) mass is 179 g/mol. The number of carbonyl (C=O) groups is 2. The van der Waals surface area contributed by atoms with E-state index in [0.29, 0.717) is 6.42 Å². The van der Waals surface area contributed by atoms with Gasteiger partial charge in [-0.3, -0.25) is 9.59 Å². The van der Waals surface area contributed by atoms with Gasteiger partial charge >= 0.3 is 11.9 Å². The largest absolute Gasteiger partial charge is 0.481 e. The van der Waals surface area contributed by atoms with Crippen molar-refractivity contribution in [2.75, 3.05) is 0 Å². The topological polar surface area (TPSA) is 110 Å². The highest BCUT2D eigenvalue weighted by Gasteiger charge is 1.87. The quantitative estimate of drug-likeness (QED) is 0.608. The highest BCUT2D eigenvalue weighted by atomic mass is 16.4. The molecule has 0 aliphatic carbocycles.